The molecule has 1 aliphatic heterocycles. The van der Waals surface area contributed by atoms with Gasteiger partial charge in [-0.3, -0.25) is 9.30 Å². The summed E-state index contributed by atoms with van der Waals surface area (Å²) in [5, 5.41) is 8.41. The lowest BCUT2D eigenvalue weighted by molar-refractivity contribution is 0.0329. The van der Waals surface area contributed by atoms with E-state index in [0.717, 1.165) is 48.8 Å². The van der Waals surface area contributed by atoms with Crippen LogP contribution in [-0.2, 0) is 11.3 Å². The van der Waals surface area contributed by atoms with E-state index in [9.17, 15) is 0 Å². The molecule has 0 bridgehead atoms. The molecule has 0 aliphatic carbocycles. The third kappa shape index (κ3) is 2.34. The van der Waals surface area contributed by atoms with Crippen molar-refractivity contribution in [3.8, 4) is 0 Å². The second-order valence-electron chi connectivity index (χ2n) is 4.08. The number of halogens is 1. The van der Waals surface area contributed by atoms with Crippen LogP contribution in [0.5, 0.6) is 0 Å². The van der Waals surface area contributed by atoms with Crippen LogP contribution in [-0.4, -0.2) is 45.8 Å². The van der Waals surface area contributed by atoms with Crippen LogP contribution >= 0.6 is 15.9 Å². The van der Waals surface area contributed by atoms with Crippen molar-refractivity contribution >= 4 is 21.6 Å². The second kappa shape index (κ2) is 4.72. The molecular formula is C11H13BrN4O. The molecule has 3 rings (SSSR count). The lowest BCUT2D eigenvalue weighted by atomic mass is 10.4. The normalized spacial score (nSPS) is 17.7. The van der Waals surface area contributed by atoms with Crippen molar-refractivity contribution in [3.63, 3.8) is 0 Å². The minimum Gasteiger partial charge on any atom is -0.379 e. The number of rotatable bonds is 2. The molecule has 90 valence electrons. The number of nitrogens with zero attached hydrogens (tertiary/aromatic N) is 4. The summed E-state index contributed by atoms with van der Waals surface area (Å²) in [5.74, 6) is 0.981. The predicted octanol–water partition coefficient (Wildman–Crippen LogP) is 1.32. The summed E-state index contributed by atoms with van der Waals surface area (Å²) in [4.78, 5) is 2.34. The standard InChI is InChI=1S/C11H13BrN4O/c12-9-1-2-16-10(7-9)13-14-11(16)8-15-3-5-17-6-4-15/h1-2,7H,3-6,8H2. The average molecular weight is 297 g/mol. The zero-order valence-corrected chi connectivity index (χ0v) is 10.9. The van der Waals surface area contributed by atoms with Gasteiger partial charge >= 0.3 is 0 Å². The van der Waals surface area contributed by atoms with Gasteiger partial charge in [0.1, 0.15) is 0 Å². The lowest BCUT2D eigenvalue weighted by Crippen LogP contribution is -2.36. The number of ether oxygens (including phenoxy) is 1. The Bertz CT molecular complexity index is 521. The first kappa shape index (κ1) is 11.1. The molecule has 5 nitrogen and oxygen atoms in total. The molecule has 0 amide bonds. The van der Waals surface area contributed by atoms with E-state index in [2.05, 4.69) is 31.0 Å². The van der Waals surface area contributed by atoms with Crippen LogP contribution < -0.4 is 0 Å². The van der Waals surface area contributed by atoms with E-state index in [1.807, 2.05) is 22.7 Å². The Kier molecular flexibility index (Phi) is 3.09. The van der Waals surface area contributed by atoms with Crippen molar-refractivity contribution in [2.45, 2.75) is 6.54 Å². The molecule has 0 spiro atoms. The van der Waals surface area contributed by atoms with E-state index in [0.29, 0.717) is 0 Å². The van der Waals surface area contributed by atoms with Gasteiger partial charge in [0.25, 0.3) is 0 Å². The van der Waals surface area contributed by atoms with Gasteiger partial charge in [-0.1, -0.05) is 15.9 Å². The number of aromatic nitrogens is 3. The fraction of sp³-hybridized carbons (Fsp3) is 0.455. The van der Waals surface area contributed by atoms with Crippen LogP contribution in [0.15, 0.2) is 22.8 Å². The highest BCUT2D eigenvalue weighted by Gasteiger charge is 2.14. The van der Waals surface area contributed by atoms with Crippen LogP contribution in [0.4, 0.5) is 0 Å². The van der Waals surface area contributed by atoms with Gasteiger partial charge in [-0.15, -0.1) is 10.2 Å². The maximum Gasteiger partial charge on any atom is 0.161 e. The van der Waals surface area contributed by atoms with Crippen LogP contribution in [0.25, 0.3) is 5.65 Å². The Morgan fingerprint density at radius 3 is 2.94 bits per heavy atom. The van der Waals surface area contributed by atoms with E-state index in [1.165, 1.54) is 0 Å². The first-order valence-corrected chi connectivity index (χ1v) is 6.41. The summed E-state index contributed by atoms with van der Waals surface area (Å²) in [6, 6.07) is 3.97. The zero-order valence-electron chi connectivity index (χ0n) is 9.34. The Morgan fingerprint density at radius 2 is 2.12 bits per heavy atom. The predicted molar refractivity (Wildman–Crippen MR) is 66.8 cm³/mol. The summed E-state index contributed by atoms with van der Waals surface area (Å²) < 4.78 is 8.38. The first-order chi connectivity index (χ1) is 8.33. The number of fused-ring (bicyclic) bond motifs is 1. The van der Waals surface area contributed by atoms with Crippen LogP contribution in [0.3, 0.4) is 0 Å². The SMILES string of the molecule is Brc1ccn2c(CN3CCOCC3)nnc2c1. The zero-order chi connectivity index (χ0) is 11.7. The van der Waals surface area contributed by atoms with Gasteiger partial charge in [0.15, 0.2) is 11.5 Å². The number of hydrogen-bond donors (Lipinski definition) is 0. The van der Waals surface area contributed by atoms with E-state index in [-0.39, 0.29) is 0 Å². The summed E-state index contributed by atoms with van der Waals surface area (Å²) in [5.41, 5.74) is 0.877. The third-order valence-electron chi connectivity index (χ3n) is 2.91. The number of pyridine rings is 1. The second-order valence-corrected chi connectivity index (χ2v) is 4.99. The Hall–Kier alpha value is -0.980. The van der Waals surface area contributed by atoms with Crippen LogP contribution in [0.2, 0.25) is 0 Å². The third-order valence-corrected chi connectivity index (χ3v) is 3.40. The molecular weight excluding hydrogens is 284 g/mol. The largest absolute Gasteiger partial charge is 0.379 e. The highest BCUT2D eigenvalue weighted by Crippen LogP contribution is 2.13. The fourth-order valence-corrected chi connectivity index (χ4v) is 2.31. The molecule has 0 radical (unpaired) electrons. The Balaban J connectivity index is 1.84. The monoisotopic (exact) mass is 296 g/mol. The molecule has 3 heterocycles. The number of hydrogen-bond acceptors (Lipinski definition) is 4. The van der Waals surface area contributed by atoms with E-state index >= 15 is 0 Å². The molecule has 2 aromatic rings. The Labute approximate surface area is 108 Å². The summed E-state index contributed by atoms with van der Waals surface area (Å²) >= 11 is 3.43. The fourth-order valence-electron chi connectivity index (χ4n) is 1.98. The smallest absolute Gasteiger partial charge is 0.161 e. The minimum atomic E-state index is 0.808. The van der Waals surface area contributed by atoms with Crippen molar-refractivity contribution in [2.75, 3.05) is 26.3 Å². The Morgan fingerprint density at radius 1 is 1.29 bits per heavy atom. The molecule has 0 unspecified atom stereocenters. The summed E-state index contributed by atoms with van der Waals surface area (Å²) in [6.07, 6.45) is 2.00. The highest BCUT2D eigenvalue weighted by molar-refractivity contribution is 9.10. The van der Waals surface area contributed by atoms with E-state index in [4.69, 9.17) is 4.74 Å². The van der Waals surface area contributed by atoms with Gasteiger partial charge in [0.05, 0.1) is 19.8 Å². The van der Waals surface area contributed by atoms with E-state index < -0.39 is 0 Å². The van der Waals surface area contributed by atoms with Gasteiger partial charge in [-0.25, -0.2) is 0 Å². The van der Waals surface area contributed by atoms with Crippen molar-refractivity contribution in [1.29, 1.82) is 0 Å². The molecule has 1 saturated heterocycles. The van der Waals surface area contributed by atoms with Crippen LogP contribution in [0, 0.1) is 0 Å². The van der Waals surface area contributed by atoms with E-state index in [1.54, 1.807) is 0 Å². The molecule has 0 saturated carbocycles. The molecule has 1 aliphatic rings. The topological polar surface area (TPSA) is 42.7 Å². The maximum absolute atomic E-state index is 5.33. The van der Waals surface area contributed by atoms with Crippen LogP contribution in [0.1, 0.15) is 5.82 Å². The van der Waals surface area contributed by atoms with Crippen molar-refractivity contribution in [1.82, 2.24) is 19.5 Å². The lowest BCUT2D eigenvalue weighted by Gasteiger charge is -2.25. The minimum absolute atomic E-state index is 0.808. The number of morpholine rings is 1. The van der Waals surface area contributed by atoms with Gasteiger partial charge in [0, 0.05) is 23.8 Å². The summed E-state index contributed by atoms with van der Waals surface area (Å²) in [7, 11) is 0. The average Bonchev–Trinajstić information content (AvgIpc) is 2.73. The molecule has 0 aromatic carbocycles. The van der Waals surface area contributed by atoms with Crippen molar-refractivity contribution < 1.29 is 4.74 Å². The molecule has 1 fully saturated rings. The maximum atomic E-state index is 5.33. The first-order valence-electron chi connectivity index (χ1n) is 5.62. The van der Waals surface area contributed by atoms with Gasteiger partial charge in [-0.05, 0) is 12.1 Å². The molecule has 2 aromatic heterocycles. The summed E-state index contributed by atoms with van der Waals surface area (Å²) in [6.45, 7) is 4.37. The van der Waals surface area contributed by atoms with Gasteiger partial charge in [-0.2, -0.15) is 0 Å². The molecule has 17 heavy (non-hydrogen) atoms. The molecule has 0 N–H and O–H groups in total. The van der Waals surface area contributed by atoms with Crippen molar-refractivity contribution in [3.05, 3.63) is 28.6 Å². The molecule has 0 atom stereocenters. The quantitative estimate of drug-likeness (QED) is 0.838. The molecule has 6 heteroatoms. The van der Waals surface area contributed by atoms with Gasteiger partial charge in [0.2, 0.25) is 0 Å². The van der Waals surface area contributed by atoms with Gasteiger partial charge < -0.3 is 4.74 Å². The highest BCUT2D eigenvalue weighted by atomic mass is 79.9. The van der Waals surface area contributed by atoms with Crippen molar-refractivity contribution in [2.24, 2.45) is 0 Å².